The molecular formula is C13H19BrN2S. The number of nitrogens with two attached hydrogens (primary N) is 1. The smallest absolute Gasteiger partial charge is 0.0511 e. The fraction of sp³-hybridized carbons (Fsp3) is 0.538. The van der Waals surface area contributed by atoms with E-state index in [2.05, 4.69) is 64.6 Å². The fourth-order valence-electron chi connectivity index (χ4n) is 2.16. The van der Waals surface area contributed by atoms with Gasteiger partial charge in [0.05, 0.1) is 5.69 Å². The zero-order chi connectivity index (χ0) is 12.5. The van der Waals surface area contributed by atoms with Gasteiger partial charge in [0.1, 0.15) is 0 Å². The number of hydrogen-bond donors (Lipinski definition) is 1. The molecule has 1 fully saturated rings. The summed E-state index contributed by atoms with van der Waals surface area (Å²) in [6, 6.07) is 6.43. The number of rotatable bonds is 2. The molecule has 0 amide bonds. The van der Waals surface area contributed by atoms with Crippen LogP contribution in [0.5, 0.6) is 0 Å². The lowest BCUT2D eigenvalue weighted by Crippen LogP contribution is -2.43. The normalized spacial score (nSPS) is 19.4. The summed E-state index contributed by atoms with van der Waals surface area (Å²) in [6.45, 7) is 7.44. The highest BCUT2D eigenvalue weighted by atomic mass is 79.9. The molecule has 0 saturated carbocycles. The van der Waals surface area contributed by atoms with Gasteiger partial charge in [-0.3, -0.25) is 0 Å². The number of hydrogen-bond acceptors (Lipinski definition) is 3. The van der Waals surface area contributed by atoms with Crippen molar-refractivity contribution < 1.29 is 0 Å². The third-order valence-electron chi connectivity index (χ3n) is 3.01. The summed E-state index contributed by atoms with van der Waals surface area (Å²) < 4.78 is 1.49. The lowest BCUT2D eigenvalue weighted by molar-refractivity contribution is 0.647. The van der Waals surface area contributed by atoms with Crippen LogP contribution in [-0.2, 0) is 6.54 Å². The Kier molecular flexibility index (Phi) is 4.06. The van der Waals surface area contributed by atoms with Crippen molar-refractivity contribution in [3.05, 3.63) is 28.2 Å². The van der Waals surface area contributed by atoms with Crippen LogP contribution in [0, 0.1) is 0 Å². The molecule has 0 spiro atoms. The van der Waals surface area contributed by atoms with Crippen molar-refractivity contribution in [3.8, 4) is 0 Å². The molecular weight excluding hydrogens is 296 g/mol. The molecule has 1 aliphatic rings. The number of thioether (sulfide) groups is 1. The average molecular weight is 315 g/mol. The highest BCUT2D eigenvalue weighted by Crippen LogP contribution is 2.35. The molecule has 1 heterocycles. The zero-order valence-corrected chi connectivity index (χ0v) is 12.8. The van der Waals surface area contributed by atoms with Gasteiger partial charge in [-0.2, -0.15) is 11.8 Å². The maximum atomic E-state index is 5.65. The summed E-state index contributed by atoms with van der Waals surface area (Å²) in [5.41, 5.74) is 8.11. The molecule has 1 saturated heterocycles. The van der Waals surface area contributed by atoms with Gasteiger partial charge in [0.15, 0.2) is 0 Å². The molecule has 17 heavy (non-hydrogen) atoms. The molecule has 0 bridgehead atoms. The maximum absolute atomic E-state index is 5.65. The summed E-state index contributed by atoms with van der Waals surface area (Å²) in [7, 11) is 0. The van der Waals surface area contributed by atoms with E-state index < -0.39 is 0 Å². The van der Waals surface area contributed by atoms with Crippen LogP contribution >= 0.6 is 27.7 Å². The molecule has 2 rings (SSSR count). The Morgan fingerprint density at radius 3 is 2.82 bits per heavy atom. The van der Waals surface area contributed by atoms with E-state index in [0.29, 0.717) is 11.3 Å². The first-order valence-electron chi connectivity index (χ1n) is 5.89. The molecule has 0 aliphatic carbocycles. The van der Waals surface area contributed by atoms with Gasteiger partial charge in [-0.05, 0) is 47.5 Å². The molecule has 0 radical (unpaired) electrons. The highest BCUT2D eigenvalue weighted by molar-refractivity contribution is 9.10. The van der Waals surface area contributed by atoms with Gasteiger partial charge in [-0.25, -0.2) is 0 Å². The first-order chi connectivity index (χ1) is 8.02. The molecule has 1 aliphatic heterocycles. The largest absolute Gasteiger partial charge is 0.368 e. The lowest BCUT2D eigenvalue weighted by atomic mass is 10.1. The van der Waals surface area contributed by atoms with Crippen molar-refractivity contribution in [1.82, 2.24) is 0 Å². The van der Waals surface area contributed by atoms with E-state index in [0.717, 1.165) is 17.6 Å². The summed E-state index contributed by atoms with van der Waals surface area (Å²) in [6.07, 6.45) is 0. The Morgan fingerprint density at radius 1 is 1.47 bits per heavy atom. The Hall–Kier alpha value is -0.190. The Bertz CT molecular complexity index is 406. The summed E-state index contributed by atoms with van der Waals surface area (Å²) in [4.78, 5) is 2.46. The predicted molar refractivity (Wildman–Crippen MR) is 80.8 cm³/mol. The van der Waals surface area contributed by atoms with Gasteiger partial charge < -0.3 is 10.6 Å². The van der Waals surface area contributed by atoms with Crippen LogP contribution in [-0.4, -0.2) is 23.6 Å². The summed E-state index contributed by atoms with van der Waals surface area (Å²) in [5, 5.41) is 0. The van der Waals surface area contributed by atoms with Gasteiger partial charge >= 0.3 is 0 Å². The maximum Gasteiger partial charge on any atom is 0.0511 e. The topological polar surface area (TPSA) is 29.3 Å². The quantitative estimate of drug-likeness (QED) is 0.908. The zero-order valence-electron chi connectivity index (χ0n) is 10.4. The molecule has 2 N–H and O–H groups in total. The molecule has 94 valence electrons. The molecule has 0 atom stereocenters. The molecule has 4 heteroatoms. The molecule has 1 aromatic carbocycles. The van der Waals surface area contributed by atoms with Crippen LogP contribution in [0.2, 0.25) is 0 Å². The van der Waals surface area contributed by atoms with Gasteiger partial charge in [0, 0.05) is 34.6 Å². The Labute approximate surface area is 116 Å². The summed E-state index contributed by atoms with van der Waals surface area (Å²) in [5.74, 6) is 1.19. The number of nitrogens with zero attached hydrogens (tertiary/aromatic N) is 1. The van der Waals surface area contributed by atoms with Gasteiger partial charge in [0.25, 0.3) is 0 Å². The van der Waals surface area contributed by atoms with Gasteiger partial charge in [-0.1, -0.05) is 6.07 Å². The van der Waals surface area contributed by atoms with Crippen LogP contribution in [0.3, 0.4) is 0 Å². The van der Waals surface area contributed by atoms with Crippen molar-refractivity contribution >= 4 is 33.4 Å². The van der Waals surface area contributed by atoms with Crippen LogP contribution in [0.1, 0.15) is 19.4 Å². The molecule has 0 aromatic heterocycles. The highest BCUT2D eigenvalue weighted by Gasteiger charge is 2.27. The molecule has 0 unspecified atom stereocenters. The van der Waals surface area contributed by atoms with Crippen LogP contribution in [0.15, 0.2) is 22.7 Å². The standard InChI is InChI=1S/C13H19BrN2S/c1-13(2)9-16(5-6-17-13)12-4-3-10(8-15)7-11(12)14/h3-4,7H,5-6,8-9,15H2,1-2H3. The van der Waals surface area contributed by atoms with Crippen molar-refractivity contribution in [1.29, 1.82) is 0 Å². The second-order valence-electron chi connectivity index (χ2n) is 5.02. The van der Waals surface area contributed by atoms with Crippen LogP contribution < -0.4 is 10.6 Å². The van der Waals surface area contributed by atoms with E-state index >= 15 is 0 Å². The van der Waals surface area contributed by atoms with Crippen molar-refractivity contribution in [3.63, 3.8) is 0 Å². The third-order valence-corrected chi connectivity index (χ3v) is 4.95. The third kappa shape index (κ3) is 3.18. The van der Waals surface area contributed by atoms with Crippen LogP contribution in [0.4, 0.5) is 5.69 Å². The van der Waals surface area contributed by atoms with E-state index in [1.165, 1.54) is 17.0 Å². The van der Waals surface area contributed by atoms with Gasteiger partial charge in [0.2, 0.25) is 0 Å². The predicted octanol–water partition coefficient (Wildman–Crippen LogP) is 3.24. The number of anilines is 1. The average Bonchev–Trinajstić information content (AvgIpc) is 2.27. The SMILES string of the molecule is CC1(C)CN(c2ccc(CN)cc2Br)CCS1. The lowest BCUT2D eigenvalue weighted by Gasteiger charge is -2.39. The molecule has 1 aromatic rings. The fourth-order valence-corrected chi connectivity index (χ4v) is 3.94. The van der Waals surface area contributed by atoms with E-state index in [-0.39, 0.29) is 0 Å². The monoisotopic (exact) mass is 314 g/mol. The minimum absolute atomic E-state index is 0.338. The minimum Gasteiger partial charge on any atom is -0.368 e. The van der Waals surface area contributed by atoms with E-state index in [1.54, 1.807) is 0 Å². The first kappa shape index (κ1) is 13.2. The van der Waals surface area contributed by atoms with Crippen LogP contribution in [0.25, 0.3) is 0 Å². The number of benzene rings is 1. The first-order valence-corrected chi connectivity index (χ1v) is 7.67. The Balaban J connectivity index is 2.22. The second-order valence-corrected chi connectivity index (χ2v) is 7.68. The van der Waals surface area contributed by atoms with Crippen molar-refractivity contribution in [2.75, 3.05) is 23.7 Å². The number of halogens is 1. The Morgan fingerprint density at radius 2 is 2.24 bits per heavy atom. The van der Waals surface area contributed by atoms with Crippen molar-refractivity contribution in [2.45, 2.75) is 25.1 Å². The van der Waals surface area contributed by atoms with E-state index in [1.807, 2.05) is 0 Å². The van der Waals surface area contributed by atoms with Crippen molar-refractivity contribution in [2.24, 2.45) is 5.73 Å². The summed E-state index contributed by atoms with van der Waals surface area (Å²) >= 11 is 5.71. The van der Waals surface area contributed by atoms with E-state index in [9.17, 15) is 0 Å². The molecule has 2 nitrogen and oxygen atoms in total. The second kappa shape index (κ2) is 5.21. The minimum atomic E-state index is 0.338. The van der Waals surface area contributed by atoms with Gasteiger partial charge in [-0.15, -0.1) is 0 Å². The van der Waals surface area contributed by atoms with E-state index in [4.69, 9.17) is 5.73 Å².